The van der Waals surface area contributed by atoms with E-state index in [9.17, 15) is 21.0 Å². The average Bonchev–Trinajstić information content (AvgIpc) is 3.08. The molecule has 0 fully saturated rings. The van der Waals surface area contributed by atoms with Gasteiger partial charge in [0.25, 0.3) is 0 Å². The third-order valence-corrected chi connectivity index (χ3v) is 7.25. The van der Waals surface area contributed by atoms with Crippen molar-refractivity contribution in [1.29, 1.82) is 21.0 Å². The van der Waals surface area contributed by atoms with Crippen molar-refractivity contribution in [3.05, 3.63) is 154 Å². The lowest BCUT2D eigenvalue weighted by atomic mass is 10.00. The minimum Gasteiger partial charge on any atom is -0.464 e. The number of hydrogen-bond donors (Lipinski definition) is 0. The molecule has 0 unspecified atom stereocenters. The quantitative estimate of drug-likeness (QED) is 0.181. The molecule has 4 aromatic rings. The number of allylic oxidation sites excluding steroid dienone is 8. The van der Waals surface area contributed by atoms with Gasteiger partial charge in [-0.2, -0.15) is 21.0 Å². The monoisotopic (exact) mass is 564 g/mol. The Balaban J connectivity index is 1.22. The number of hydrogen-bond acceptors (Lipinski definition) is 6. The van der Waals surface area contributed by atoms with Crippen molar-refractivity contribution in [1.82, 2.24) is 0 Å². The van der Waals surface area contributed by atoms with Gasteiger partial charge in [-0.15, -0.1) is 0 Å². The molecule has 6 rings (SSSR count). The van der Waals surface area contributed by atoms with Crippen LogP contribution in [0.3, 0.4) is 0 Å². The first-order chi connectivity index (χ1) is 21.6. The summed E-state index contributed by atoms with van der Waals surface area (Å²) in [7, 11) is 0. The van der Waals surface area contributed by atoms with Crippen molar-refractivity contribution in [3.8, 4) is 24.3 Å². The predicted octanol–water partition coefficient (Wildman–Crippen LogP) is 8.62. The highest BCUT2D eigenvalue weighted by Crippen LogP contribution is 2.30. The molecule has 2 heterocycles. The van der Waals surface area contributed by atoms with Crippen molar-refractivity contribution < 1.29 is 9.47 Å². The Morgan fingerprint density at radius 1 is 0.500 bits per heavy atom. The van der Waals surface area contributed by atoms with Crippen LogP contribution in [0.25, 0.3) is 45.2 Å². The van der Waals surface area contributed by atoms with Gasteiger partial charge in [-0.05, 0) is 81.2 Å². The lowest BCUT2D eigenvalue weighted by molar-refractivity contribution is 0.432. The number of rotatable bonds is 4. The summed E-state index contributed by atoms with van der Waals surface area (Å²) in [6.45, 7) is 0. The highest BCUT2D eigenvalue weighted by molar-refractivity contribution is 5.91. The predicted molar refractivity (Wildman–Crippen MR) is 170 cm³/mol. The van der Waals surface area contributed by atoms with E-state index >= 15 is 0 Å². The SMILES string of the molecule is N#CC(C#N)=C1C=COC(c2ccc3cc(/C=C/c4ccc5cc(C6=CC(=C(C#N)C#N)C=CO6)ccc5c4)ccc3c2)=C1. The van der Waals surface area contributed by atoms with Gasteiger partial charge in [-0.25, -0.2) is 0 Å². The number of ether oxygens (including phenoxy) is 2. The lowest BCUT2D eigenvalue weighted by Crippen LogP contribution is -1.95. The highest BCUT2D eigenvalue weighted by atomic mass is 16.5. The minimum atomic E-state index is 0.0414. The smallest absolute Gasteiger partial charge is 0.137 e. The number of nitrogens with zero attached hydrogens (tertiary/aromatic N) is 4. The zero-order valence-corrected chi connectivity index (χ0v) is 23.2. The van der Waals surface area contributed by atoms with E-state index in [0.29, 0.717) is 22.7 Å². The Bertz CT molecular complexity index is 2070. The maximum Gasteiger partial charge on any atom is 0.137 e. The topological polar surface area (TPSA) is 114 Å². The van der Waals surface area contributed by atoms with Crippen LogP contribution in [-0.2, 0) is 9.47 Å². The van der Waals surface area contributed by atoms with Crippen molar-refractivity contribution in [2.24, 2.45) is 0 Å². The van der Waals surface area contributed by atoms with E-state index in [1.165, 1.54) is 12.5 Å². The number of nitriles is 4. The maximum absolute atomic E-state index is 9.19. The second-order valence-corrected chi connectivity index (χ2v) is 9.94. The summed E-state index contributed by atoms with van der Waals surface area (Å²) in [5, 5.41) is 41.0. The Labute approximate surface area is 253 Å². The first-order valence-electron chi connectivity index (χ1n) is 13.5. The van der Waals surface area contributed by atoms with Gasteiger partial charge < -0.3 is 9.47 Å². The van der Waals surface area contributed by atoms with E-state index in [-0.39, 0.29) is 11.1 Å². The summed E-state index contributed by atoms with van der Waals surface area (Å²) < 4.78 is 11.3. The minimum absolute atomic E-state index is 0.0414. The molecule has 0 saturated heterocycles. The summed E-state index contributed by atoms with van der Waals surface area (Å²) in [6, 6.07) is 32.2. The van der Waals surface area contributed by atoms with Crippen LogP contribution in [0.2, 0.25) is 0 Å². The third kappa shape index (κ3) is 5.52. The number of benzene rings is 4. The molecule has 0 saturated carbocycles. The fourth-order valence-electron chi connectivity index (χ4n) is 4.96. The molecule has 2 aliphatic rings. The van der Waals surface area contributed by atoms with Gasteiger partial charge in [0.1, 0.15) is 46.9 Å². The molecule has 0 aliphatic carbocycles. The van der Waals surface area contributed by atoms with E-state index in [0.717, 1.165) is 43.8 Å². The van der Waals surface area contributed by atoms with Crippen LogP contribution in [0.5, 0.6) is 0 Å². The largest absolute Gasteiger partial charge is 0.464 e. The first-order valence-corrected chi connectivity index (χ1v) is 13.5. The summed E-state index contributed by atoms with van der Waals surface area (Å²) in [5.41, 5.74) is 4.95. The molecule has 0 bridgehead atoms. The molecule has 204 valence electrons. The standard InChI is InChI=1S/C38H20N4O2/c39-21-35(22-40)31-11-13-43-37(19-31)33-9-7-27-15-25(3-5-29(27)17-33)1-2-26-4-6-30-18-34(10-8-28(30)16-26)38-20-32(12-14-44-38)36(23-41)24-42/h1-20H/b2-1+. The maximum atomic E-state index is 9.19. The molecular formula is C38H20N4O2. The fraction of sp³-hybridized carbons (Fsp3) is 0. The number of fused-ring (bicyclic) bond motifs is 2. The molecule has 0 radical (unpaired) electrons. The van der Waals surface area contributed by atoms with Gasteiger partial charge in [0.15, 0.2) is 0 Å². The van der Waals surface area contributed by atoms with Gasteiger partial charge >= 0.3 is 0 Å². The molecule has 4 aromatic carbocycles. The second-order valence-electron chi connectivity index (χ2n) is 9.94. The summed E-state index contributed by atoms with van der Waals surface area (Å²) in [6.07, 6.45) is 13.8. The Hall–Kier alpha value is -6.86. The average molecular weight is 565 g/mol. The molecule has 0 amide bonds. The van der Waals surface area contributed by atoms with Crippen LogP contribution in [0.1, 0.15) is 22.3 Å². The molecule has 2 aliphatic heterocycles. The van der Waals surface area contributed by atoms with Crippen molar-refractivity contribution in [3.63, 3.8) is 0 Å². The molecule has 0 N–H and O–H groups in total. The lowest BCUT2D eigenvalue weighted by Gasteiger charge is -2.13. The Morgan fingerprint density at radius 3 is 1.30 bits per heavy atom. The van der Waals surface area contributed by atoms with E-state index in [1.54, 1.807) is 24.3 Å². The van der Waals surface area contributed by atoms with Crippen molar-refractivity contribution >= 4 is 45.2 Å². The van der Waals surface area contributed by atoms with E-state index in [1.807, 2.05) is 60.7 Å². The first kappa shape index (κ1) is 27.3. The van der Waals surface area contributed by atoms with Gasteiger partial charge in [0.05, 0.1) is 12.5 Å². The Kier molecular flexibility index (Phi) is 7.41. The van der Waals surface area contributed by atoms with E-state index in [4.69, 9.17) is 9.47 Å². The summed E-state index contributed by atoms with van der Waals surface area (Å²) >= 11 is 0. The van der Waals surface area contributed by atoms with Crippen LogP contribution in [0.4, 0.5) is 0 Å². The van der Waals surface area contributed by atoms with Crippen LogP contribution in [0, 0.1) is 45.3 Å². The summed E-state index contributed by atoms with van der Waals surface area (Å²) in [5.74, 6) is 1.15. The molecule has 0 aromatic heterocycles. The molecule has 6 heteroatoms. The second kappa shape index (κ2) is 11.9. The Morgan fingerprint density at radius 2 is 0.886 bits per heavy atom. The highest BCUT2D eigenvalue weighted by Gasteiger charge is 2.13. The van der Waals surface area contributed by atoms with Crippen molar-refractivity contribution in [2.45, 2.75) is 0 Å². The fourth-order valence-corrected chi connectivity index (χ4v) is 4.96. The van der Waals surface area contributed by atoms with Crippen LogP contribution in [-0.4, -0.2) is 0 Å². The van der Waals surface area contributed by atoms with Gasteiger partial charge in [0.2, 0.25) is 0 Å². The zero-order chi connectivity index (χ0) is 30.5. The van der Waals surface area contributed by atoms with Crippen molar-refractivity contribution in [2.75, 3.05) is 0 Å². The summed E-state index contributed by atoms with van der Waals surface area (Å²) in [4.78, 5) is 0. The molecule has 6 nitrogen and oxygen atoms in total. The van der Waals surface area contributed by atoms with Crippen LogP contribution in [0.15, 0.2) is 132 Å². The van der Waals surface area contributed by atoms with Crippen LogP contribution < -0.4 is 0 Å². The molecule has 0 atom stereocenters. The zero-order valence-electron chi connectivity index (χ0n) is 23.2. The molecule has 44 heavy (non-hydrogen) atoms. The van der Waals surface area contributed by atoms with Gasteiger partial charge in [-0.1, -0.05) is 60.7 Å². The van der Waals surface area contributed by atoms with Gasteiger partial charge in [0, 0.05) is 22.3 Å². The van der Waals surface area contributed by atoms with Gasteiger partial charge in [-0.3, -0.25) is 0 Å². The third-order valence-electron chi connectivity index (χ3n) is 7.25. The normalized spacial score (nSPS) is 13.6. The van der Waals surface area contributed by atoms with E-state index in [2.05, 4.69) is 48.6 Å². The van der Waals surface area contributed by atoms with E-state index < -0.39 is 0 Å². The molecular weight excluding hydrogens is 544 g/mol. The molecule has 0 spiro atoms. The van der Waals surface area contributed by atoms with Crippen LogP contribution >= 0.6 is 0 Å².